The number of carbonyl (C=O) groups excluding carboxylic acids is 1. The van der Waals surface area contributed by atoms with Gasteiger partial charge >= 0.3 is 0 Å². The molecule has 1 aromatic carbocycles. The van der Waals surface area contributed by atoms with Crippen molar-refractivity contribution in [3.63, 3.8) is 0 Å². The van der Waals surface area contributed by atoms with Crippen molar-refractivity contribution >= 4 is 15.9 Å². The van der Waals surface area contributed by atoms with Crippen LogP contribution in [0.5, 0.6) is 5.75 Å². The Morgan fingerprint density at radius 3 is 2.85 bits per heavy atom. The molecule has 8 nitrogen and oxygen atoms in total. The number of nitrogens with zero attached hydrogens (tertiary/aromatic N) is 3. The van der Waals surface area contributed by atoms with Crippen LogP contribution in [0.15, 0.2) is 42.9 Å². The van der Waals surface area contributed by atoms with E-state index >= 15 is 0 Å². The molecule has 1 aliphatic rings. The van der Waals surface area contributed by atoms with E-state index in [1.807, 2.05) is 34.9 Å². The number of hydrogen-bond donors (Lipinski definition) is 1. The second kappa shape index (κ2) is 7.88. The number of imidazole rings is 1. The van der Waals surface area contributed by atoms with Gasteiger partial charge in [-0.05, 0) is 12.1 Å². The zero-order chi connectivity index (χ0) is 18.6. The molecule has 26 heavy (non-hydrogen) atoms. The molecule has 2 aromatic rings. The van der Waals surface area contributed by atoms with Gasteiger partial charge in [-0.2, -0.15) is 0 Å². The van der Waals surface area contributed by atoms with Crippen LogP contribution in [0.4, 0.5) is 0 Å². The molecule has 140 valence electrons. The van der Waals surface area contributed by atoms with Crippen LogP contribution in [0.25, 0.3) is 0 Å². The fraction of sp³-hybridized carbons (Fsp3) is 0.412. The number of rotatable bonds is 7. The van der Waals surface area contributed by atoms with Crippen molar-refractivity contribution in [1.29, 1.82) is 0 Å². The molecule has 0 aliphatic carbocycles. The number of fused-ring (bicyclic) bond motifs is 1. The third-order valence-corrected chi connectivity index (χ3v) is 4.88. The summed E-state index contributed by atoms with van der Waals surface area (Å²) < 4.78 is 32.8. The standard InChI is InChI=1S/C17H22N4O4S/c1-26(23,24)19-10-15-12-20(11-14-9-18-13-21(14)15)17(22)7-8-25-16-5-3-2-4-6-16/h2-6,9,13,15,19H,7-8,10-12H2,1H3. The van der Waals surface area contributed by atoms with Crippen LogP contribution < -0.4 is 9.46 Å². The largest absolute Gasteiger partial charge is 0.493 e. The average Bonchev–Trinajstić information content (AvgIpc) is 3.08. The number of hydrogen-bond acceptors (Lipinski definition) is 5. The topological polar surface area (TPSA) is 93.5 Å². The van der Waals surface area contributed by atoms with Gasteiger partial charge in [0.1, 0.15) is 5.75 Å². The van der Waals surface area contributed by atoms with Crippen molar-refractivity contribution in [3.8, 4) is 5.75 Å². The molecule has 3 rings (SSSR count). The molecule has 1 aliphatic heterocycles. The molecule has 9 heteroatoms. The predicted molar refractivity (Wildman–Crippen MR) is 96.1 cm³/mol. The lowest BCUT2D eigenvalue weighted by Gasteiger charge is -2.34. The Kier molecular flexibility index (Phi) is 5.58. The van der Waals surface area contributed by atoms with Crippen LogP contribution >= 0.6 is 0 Å². The summed E-state index contributed by atoms with van der Waals surface area (Å²) in [5.41, 5.74) is 0.883. The summed E-state index contributed by atoms with van der Waals surface area (Å²) in [5, 5.41) is 0. The highest BCUT2D eigenvalue weighted by atomic mass is 32.2. The molecule has 0 spiro atoms. The maximum atomic E-state index is 12.5. The first kappa shape index (κ1) is 18.4. The molecule has 0 saturated heterocycles. The van der Waals surface area contributed by atoms with Gasteiger partial charge in [-0.1, -0.05) is 18.2 Å². The molecule has 1 aromatic heterocycles. The monoisotopic (exact) mass is 378 g/mol. The summed E-state index contributed by atoms with van der Waals surface area (Å²) in [4.78, 5) is 18.4. The van der Waals surface area contributed by atoms with Crippen LogP contribution in [-0.4, -0.2) is 54.7 Å². The van der Waals surface area contributed by atoms with Crippen LogP contribution in [0.2, 0.25) is 0 Å². The number of amides is 1. The maximum Gasteiger partial charge on any atom is 0.226 e. The Balaban J connectivity index is 1.58. The molecule has 1 atom stereocenters. The zero-order valence-electron chi connectivity index (χ0n) is 14.5. The quantitative estimate of drug-likeness (QED) is 0.769. The number of ether oxygens (including phenoxy) is 1. The van der Waals surface area contributed by atoms with E-state index in [1.54, 1.807) is 17.4 Å². The van der Waals surface area contributed by atoms with E-state index in [2.05, 4.69) is 9.71 Å². The lowest BCUT2D eigenvalue weighted by atomic mass is 10.1. The summed E-state index contributed by atoms with van der Waals surface area (Å²) in [6.07, 6.45) is 4.75. The fourth-order valence-electron chi connectivity index (χ4n) is 2.92. The minimum atomic E-state index is -3.30. The smallest absolute Gasteiger partial charge is 0.226 e. The van der Waals surface area contributed by atoms with Crippen LogP contribution in [0.3, 0.4) is 0 Å². The SMILES string of the molecule is CS(=O)(=O)NCC1CN(C(=O)CCOc2ccccc2)Cc2cncn21. The Morgan fingerprint density at radius 2 is 2.12 bits per heavy atom. The molecular formula is C17H22N4O4S. The van der Waals surface area contributed by atoms with Crippen molar-refractivity contribution in [3.05, 3.63) is 48.5 Å². The van der Waals surface area contributed by atoms with E-state index in [0.29, 0.717) is 19.7 Å². The molecule has 1 N–H and O–H groups in total. The first-order chi connectivity index (χ1) is 12.4. The first-order valence-corrected chi connectivity index (χ1v) is 10.2. The molecule has 1 unspecified atom stereocenters. The number of carbonyl (C=O) groups is 1. The summed E-state index contributed by atoms with van der Waals surface area (Å²) >= 11 is 0. The van der Waals surface area contributed by atoms with Gasteiger partial charge in [0.25, 0.3) is 0 Å². The third kappa shape index (κ3) is 4.83. The Morgan fingerprint density at radius 1 is 1.35 bits per heavy atom. The maximum absolute atomic E-state index is 12.5. The van der Waals surface area contributed by atoms with Gasteiger partial charge in [0, 0.05) is 19.3 Å². The van der Waals surface area contributed by atoms with Crippen molar-refractivity contribution in [2.45, 2.75) is 19.0 Å². The highest BCUT2D eigenvalue weighted by molar-refractivity contribution is 7.88. The van der Waals surface area contributed by atoms with Crippen molar-refractivity contribution in [1.82, 2.24) is 19.2 Å². The number of benzene rings is 1. The number of nitrogens with one attached hydrogen (secondary N) is 1. The van der Waals surface area contributed by atoms with Crippen LogP contribution in [-0.2, 0) is 21.4 Å². The summed E-state index contributed by atoms with van der Waals surface area (Å²) in [5.74, 6) is 0.699. The average molecular weight is 378 g/mol. The van der Waals surface area contributed by atoms with Crippen LogP contribution in [0, 0.1) is 0 Å². The first-order valence-electron chi connectivity index (χ1n) is 8.33. The second-order valence-corrected chi connectivity index (χ2v) is 8.09. The minimum Gasteiger partial charge on any atom is -0.493 e. The van der Waals surface area contributed by atoms with E-state index in [0.717, 1.165) is 17.7 Å². The van der Waals surface area contributed by atoms with Crippen molar-refractivity contribution in [2.24, 2.45) is 0 Å². The van der Waals surface area contributed by atoms with Crippen molar-refractivity contribution < 1.29 is 17.9 Å². The Hall–Kier alpha value is -2.39. The van der Waals surface area contributed by atoms with E-state index in [4.69, 9.17) is 4.74 Å². The van der Waals surface area contributed by atoms with E-state index in [1.165, 1.54) is 0 Å². The number of para-hydroxylation sites is 1. The number of aromatic nitrogens is 2. The van der Waals surface area contributed by atoms with Crippen LogP contribution in [0.1, 0.15) is 18.2 Å². The lowest BCUT2D eigenvalue weighted by Crippen LogP contribution is -2.44. The van der Waals surface area contributed by atoms with Gasteiger partial charge < -0.3 is 14.2 Å². The van der Waals surface area contributed by atoms with Gasteiger partial charge in [0.2, 0.25) is 15.9 Å². The fourth-order valence-corrected chi connectivity index (χ4v) is 3.41. The number of sulfonamides is 1. The second-order valence-electron chi connectivity index (χ2n) is 6.25. The molecule has 2 heterocycles. The Bertz CT molecular complexity index is 851. The van der Waals surface area contributed by atoms with Crippen molar-refractivity contribution in [2.75, 3.05) is 26.0 Å². The minimum absolute atomic E-state index is 0.0299. The summed E-state index contributed by atoms with van der Waals surface area (Å²) in [6.45, 7) is 1.40. The summed E-state index contributed by atoms with van der Waals surface area (Å²) in [6, 6.07) is 9.16. The van der Waals surface area contributed by atoms with Gasteiger partial charge in [0.15, 0.2) is 0 Å². The predicted octanol–water partition coefficient (Wildman–Crippen LogP) is 0.785. The van der Waals surface area contributed by atoms with Gasteiger partial charge in [-0.15, -0.1) is 0 Å². The zero-order valence-corrected chi connectivity index (χ0v) is 15.4. The van der Waals surface area contributed by atoms with Gasteiger partial charge in [-0.3, -0.25) is 4.79 Å². The molecule has 0 fully saturated rings. The molecule has 0 radical (unpaired) electrons. The van der Waals surface area contributed by atoms with E-state index < -0.39 is 10.0 Å². The molecular weight excluding hydrogens is 356 g/mol. The van der Waals surface area contributed by atoms with Gasteiger partial charge in [0.05, 0.1) is 43.9 Å². The van der Waals surface area contributed by atoms with E-state index in [-0.39, 0.29) is 24.9 Å². The highest BCUT2D eigenvalue weighted by Gasteiger charge is 2.28. The molecule has 0 bridgehead atoms. The molecule has 0 saturated carbocycles. The lowest BCUT2D eigenvalue weighted by molar-refractivity contribution is -0.133. The van der Waals surface area contributed by atoms with Gasteiger partial charge in [-0.25, -0.2) is 18.1 Å². The third-order valence-electron chi connectivity index (χ3n) is 4.19. The Labute approximate surface area is 152 Å². The highest BCUT2D eigenvalue weighted by Crippen LogP contribution is 2.21. The normalized spacial score (nSPS) is 17.0. The summed E-state index contributed by atoms with van der Waals surface area (Å²) in [7, 11) is -3.30. The molecule has 1 amide bonds. The van der Waals surface area contributed by atoms with E-state index in [9.17, 15) is 13.2 Å².